The number of nitrogens with one attached hydrogen (secondary N) is 1. The van der Waals surface area contributed by atoms with E-state index in [4.69, 9.17) is 0 Å². The molecule has 6 heteroatoms. The van der Waals surface area contributed by atoms with E-state index in [-0.39, 0.29) is 5.69 Å². The van der Waals surface area contributed by atoms with Gasteiger partial charge in [-0.15, -0.1) is 0 Å². The lowest BCUT2D eigenvalue weighted by Crippen LogP contribution is -2.21. The molecule has 20 heavy (non-hydrogen) atoms. The van der Waals surface area contributed by atoms with Crippen LogP contribution in [0.2, 0.25) is 0 Å². The van der Waals surface area contributed by atoms with Gasteiger partial charge in [-0.3, -0.25) is 10.1 Å². The lowest BCUT2D eigenvalue weighted by Gasteiger charge is -2.26. The first kappa shape index (κ1) is 14.7. The Labute approximate surface area is 116 Å². The average molecular weight is 284 g/mol. The van der Waals surface area contributed by atoms with Crippen molar-refractivity contribution in [1.29, 1.82) is 0 Å². The summed E-state index contributed by atoms with van der Waals surface area (Å²) < 4.78 is 27.4. The van der Waals surface area contributed by atoms with Crippen molar-refractivity contribution in [2.24, 2.45) is 11.8 Å². The maximum Gasteiger partial charge on any atom is 0.275 e. The Balaban J connectivity index is 2.01. The summed E-state index contributed by atoms with van der Waals surface area (Å²) in [5.74, 6) is -0.707. The highest BCUT2D eigenvalue weighted by Crippen LogP contribution is 2.30. The Morgan fingerprint density at radius 2 is 1.80 bits per heavy atom. The molecule has 1 aliphatic rings. The molecule has 0 amide bonds. The number of anilines is 1. The molecule has 0 radical (unpaired) electrons. The topological polar surface area (TPSA) is 55.2 Å². The normalized spacial score (nSPS) is 22.6. The Kier molecular flexibility index (Phi) is 4.52. The van der Waals surface area contributed by atoms with Crippen LogP contribution in [-0.4, -0.2) is 11.5 Å². The number of nitro benzene ring substituents is 1. The highest BCUT2D eigenvalue weighted by atomic mass is 19.1. The van der Waals surface area contributed by atoms with Crippen LogP contribution in [0.25, 0.3) is 0 Å². The average Bonchev–Trinajstić information content (AvgIpc) is 2.39. The third kappa shape index (κ3) is 3.43. The van der Waals surface area contributed by atoms with Crippen molar-refractivity contribution in [2.45, 2.75) is 32.6 Å². The number of nitrogens with zero attached hydrogens (tertiary/aromatic N) is 1. The van der Waals surface area contributed by atoms with Crippen molar-refractivity contribution < 1.29 is 13.7 Å². The quantitative estimate of drug-likeness (QED) is 0.668. The zero-order chi connectivity index (χ0) is 14.7. The molecule has 1 aromatic rings. The predicted octanol–water partition coefficient (Wildman–Crippen LogP) is 4.11. The fourth-order valence-electron chi connectivity index (χ4n) is 2.61. The molecular weight excluding hydrogens is 266 g/mol. The Morgan fingerprint density at radius 1 is 1.25 bits per heavy atom. The molecule has 0 aromatic heterocycles. The minimum atomic E-state index is -0.916. The van der Waals surface area contributed by atoms with E-state index in [0.717, 1.165) is 43.7 Å². The molecule has 4 nitrogen and oxygen atoms in total. The molecule has 1 N–H and O–H groups in total. The lowest BCUT2D eigenvalue weighted by atomic mass is 9.83. The van der Waals surface area contributed by atoms with E-state index in [2.05, 4.69) is 12.2 Å². The molecular formula is C14H18F2N2O2. The molecule has 0 unspecified atom stereocenters. The number of halogens is 2. The van der Waals surface area contributed by atoms with Gasteiger partial charge in [-0.1, -0.05) is 19.8 Å². The van der Waals surface area contributed by atoms with Crippen LogP contribution >= 0.6 is 0 Å². The van der Waals surface area contributed by atoms with Gasteiger partial charge in [0.1, 0.15) is 5.69 Å². The molecule has 0 aliphatic heterocycles. The van der Waals surface area contributed by atoms with Gasteiger partial charge in [0.25, 0.3) is 5.69 Å². The van der Waals surface area contributed by atoms with Crippen molar-refractivity contribution in [3.05, 3.63) is 33.9 Å². The Morgan fingerprint density at radius 3 is 2.30 bits per heavy atom. The van der Waals surface area contributed by atoms with Crippen LogP contribution in [0.5, 0.6) is 0 Å². The first-order valence-electron chi connectivity index (χ1n) is 6.84. The monoisotopic (exact) mass is 284 g/mol. The molecule has 1 saturated carbocycles. The van der Waals surface area contributed by atoms with Gasteiger partial charge in [0.15, 0.2) is 11.6 Å². The minimum absolute atomic E-state index is 0.269. The van der Waals surface area contributed by atoms with Gasteiger partial charge in [-0.05, 0) is 24.7 Å². The van der Waals surface area contributed by atoms with Crippen LogP contribution in [0, 0.1) is 33.6 Å². The van der Waals surface area contributed by atoms with Gasteiger partial charge in [-0.25, -0.2) is 8.78 Å². The number of hydrogen-bond donors (Lipinski definition) is 1. The summed E-state index contributed by atoms with van der Waals surface area (Å²) in [4.78, 5) is 9.70. The first-order valence-corrected chi connectivity index (χ1v) is 6.84. The second-order valence-corrected chi connectivity index (χ2v) is 5.55. The summed E-state index contributed by atoms with van der Waals surface area (Å²) in [5.41, 5.74) is -0.841. The molecule has 0 saturated heterocycles. The summed E-state index contributed by atoms with van der Waals surface area (Å²) >= 11 is 0. The van der Waals surface area contributed by atoms with Gasteiger partial charge in [0.05, 0.1) is 17.1 Å². The van der Waals surface area contributed by atoms with Crippen molar-refractivity contribution in [1.82, 2.24) is 0 Å². The third-order valence-electron chi connectivity index (χ3n) is 3.94. The molecule has 1 fully saturated rings. The summed E-state index contributed by atoms with van der Waals surface area (Å²) in [6.45, 7) is 2.71. The highest BCUT2D eigenvalue weighted by molar-refractivity contribution is 5.51. The second kappa shape index (κ2) is 6.15. The largest absolute Gasteiger partial charge is 0.380 e. The van der Waals surface area contributed by atoms with Crippen LogP contribution in [0.15, 0.2) is 12.1 Å². The summed E-state index contributed by atoms with van der Waals surface area (Å²) in [5, 5.41) is 13.3. The van der Waals surface area contributed by atoms with E-state index in [9.17, 15) is 18.9 Å². The van der Waals surface area contributed by atoms with Crippen LogP contribution in [-0.2, 0) is 0 Å². The van der Waals surface area contributed by atoms with E-state index in [1.54, 1.807) is 0 Å². The molecule has 0 bridgehead atoms. The third-order valence-corrected chi connectivity index (χ3v) is 3.94. The maximum atomic E-state index is 13.7. The van der Waals surface area contributed by atoms with E-state index in [1.165, 1.54) is 0 Å². The van der Waals surface area contributed by atoms with Crippen molar-refractivity contribution >= 4 is 11.4 Å². The van der Waals surface area contributed by atoms with Crippen molar-refractivity contribution in [3.63, 3.8) is 0 Å². The fourth-order valence-corrected chi connectivity index (χ4v) is 2.61. The van der Waals surface area contributed by atoms with Gasteiger partial charge in [0.2, 0.25) is 0 Å². The predicted molar refractivity (Wildman–Crippen MR) is 72.6 cm³/mol. The second-order valence-electron chi connectivity index (χ2n) is 5.55. The Hall–Kier alpha value is -1.72. The van der Waals surface area contributed by atoms with Crippen LogP contribution in [0.4, 0.5) is 20.2 Å². The zero-order valence-corrected chi connectivity index (χ0v) is 11.4. The number of nitro groups is 1. The smallest absolute Gasteiger partial charge is 0.275 e. The summed E-state index contributed by atoms with van der Waals surface area (Å²) in [6, 6.07) is 1.49. The molecule has 2 rings (SSSR count). The number of non-ortho nitro benzene ring substituents is 1. The molecule has 0 spiro atoms. The van der Waals surface area contributed by atoms with Crippen LogP contribution in [0.1, 0.15) is 32.6 Å². The van der Waals surface area contributed by atoms with Crippen LogP contribution < -0.4 is 5.32 Å². The molecule has 0 heterocycles. The van der Waals surface area contributed by atoms with Gasteiger partial charge in [0, 0.05) is 6.54 Å². The number of hydrogen-bond acceptors (Lipinski definition) is 3. The van der Waals surface area contributed by atoms with Crippen molar-refractivity contribution in [3.8, 4) is 0 Å². The van der Waals surface area contributed by atoms with E-state index >= 15 is 0 Å². The molecule has 1 aromatic carbocycles. The Bertz CT molecular complexity index is 477. The SMILES string of the molecule is CC1CCC(CNc2c(F)cc([N+](=O)[O-])cc2F)CC1. The fraction of sp³-hybridized carbons (Fsp3) is 0.571. The minimum Gasteiger partial charge on any atom is -0.380 e. The summed E-state index contributed by atoms with van der Waals surface area (Å²) in [6.07, 6.45) is 4.36. The lowest BCUT2D eigenvalue weighted by molar-refractivity contribution is -0.385. The maximum absolute atomic E-state index is 13.7. The van der Waals surface area contributed by atoms with Gasteiger partial charge < -0.3 is 5.32 Å². The number of rotatable bonds is 4. The molecule has 1 aliphatic carbocycles. The number of benzene rings is 1. The molecule has 0 atom stereocenters. The zero-order valence-electron chi connectivity index (χ0n) is 11.4. The summed E-state index contributed by atoms with van der Waals surface area (Å²) in [7, 11) is 0. The highest BCUT2D eigenvalue weighted by Gasteiger charge is 2.20. The van der Waals surface area contributed by atoms with E-state index < -0.39 is 22.2 Å². The van der Waals surface area contributed by atoms with E-state index in [0.29, 0.717) is 12.5 Å². The van der Waals surface area contributed by atoms with E-state index in [1.807, 2.05) is 0 Å². The van der Waals surface area contributed by atoms with Gasteiger partial charge >= 0.3 is 0 Å². The van der Waals surface area contributed by atoms with Crippen molar-refractivity contribution in [2.75, 3.05) is 11.9 Å². The first-order chi connectivity index (χ1) is 9.47. The standard InChI is InChI=1S/C14H18F2N2O2/c1-9-2-4-10(5-3-9)8-17-14-12(15)6-11(18(19)20)7-13(14)16/h6-7,9-10,17H,2-5,8H2,1H3. The molecule has 110 valence electrons. The van der Waals surface area contributed by atoms with Crippen LogP contribution in [0.3, 0.4) is 0 Å². The van der Waals surface area contributed by atoms with Gasteiger partial charge in [-0.2, -0.15) is 0 Å².